The molecule has 0 aromatic heterocycles. The van der Waals surface area contributed by atoms with Gasteiger partial charge in [0.25, 0.3) is 6.29 Å². The standard InChI is InChI=1S/C21H30O4/c1-4-5-6-7-8-9-10-19-11-13-20(14-12-19)15-16-21(24-17(2)22)25-18(3)23/h11-16,21H,4-10H2,1-3H3. The topological polar surface area (TPSA) is 52.6 Å². The van der Waals surface area contributed by atoms with Crippen LogP contribution in [0.5, 0.6) is 0 Å². The maximum absolute atomic E-state index is 11.0. The summed E-state index contributed by atoms with van der Waals surface area (Å²) in [5.41, 5.74) is 2.29. The molecule has 0 aliphatic heterocycles. The molecule has 1 aromatic carbocycles. The first kappa shape index (κ1) is 20.9. The molecule has 4 heteroatoms. The third-order valence-corrected chi connectivity index (χ3v) is 3.81. The maximum atomic E-state index is 11.0. The lowest BCUT2D eigenvalue weighted by Crippen LogP contribution is -2.19. The zero-order chi connectivity index (χ0) is 18.5. The smallest absolute Gasteiger partial charge is 0.305 e. The summed E-state index contributed by atoms with van der Waals surface area (Å²) in [7, 11) is 0. The molecule has 0 aliphatic rings. The van der Waals surface area contributed by atoms with Crippen LogP contribution in [0.1, 0.15) is 70.4 Å². The molecule has 0 fully saturated rings. The van der Waals surface area contributed by atoms with Crippen molar-refractivity contribution in [2.75, 3.05) is 0 Å². The summed E-state index contributed by atoms with van der Waals surface area (Å²) in [6.07, 6.45) is 11.2. The first-order valence-corrected chi connectivity index (χ1v) is 9.13. The molecule has 0 saturated heterocycles. The molecule has 0 aliphatic carbocycles. The number of unbranched alkanes of at least 4 members (excludes halogenated alkanes) is 5. The number of hydrogen-bond donors (Lipinski definition) is 0. The van der Waals surface area contributed by atoms with Crippen molar-refractivity contribution in [1.29, 1.82) is 0 Å². The van der Waals surface area contributed by atoms with Gasteiger partial charge in [0.15, 0.2) is 0 Å². The second-order valence-corrected chi connectivity index (χ2v) is 6.21. The van der Waals surface area contributed by atoms with Crippen LogP contribution < -0.4 is 0 Å². The average Bonchev–Trinajstić information content (AvgIpc) is 2.56. The Kier molecular flexibility index (Phi) is 10.3. The van der Waals surface area contributed by atoms with E-state index in [0.29, 0.717) is 0 Å². The van der Waals surface area contributed by atoms with Crippen LogP contribution in [0.3, 0.4) is 0 Å². The fourth-order valence-electron chi connectivity index (χ4n) is 2.52. The van der Waals surface area contributed by atoms with Gasteiger partial charge in [-0.25, -0.2) is 0 Å². The second kappa shape index (κ2) is 12.3. The average molecular weight is 346 g/mol. The Morgan fingerprint density at radius 2 is 1.48 bits per heavy atom. The molecule has 1 rings (SSSR count). The van der Waals surface area contributed by atoms with Crippen molar-refractivity contribution < 1.29 is 19.1 Å². The van der Waals surface area contributed by atoms with E-state index in [1.807, 2.05) is 12.1 Å². The number of ether oxygens (including phenoxy) is 2. The number of aryl methyl sites for hydroxylation is 1. The van der Waals surface area contributed by atoms with Crippen molar-refractivity contribution in [3.8, 4) is 0 Å². The molecule has 0 atom stereocenters. The fraction of sp³-hybridized carbons (Fsp3) is 0.524. The SMILES string of the molecule is CCCCCCCCc1ccc(C=CC(OC(C)=O)OC(C)=O)cc1. The molecular formula is C21H30O4. The van der Waals surface area contributed by atoms with Gasteiger partial charge in [-0.1, -0.05) is 69.4 Å². The third kappa shape index (κ3) is 10.4. The van der Waals surface area contributed by atoms with Crippen LogP contribution in [-0.4, -0.2) is 18.2 Å². The summed E-state index contributed by atoms with van der Waals surface area (Å²) < 4.78 is 9.86. The normalized spacial score (nSPS) is 11.0. The Bertz CT molecular complexity index is 530. The largest absolute Gasteiger partial charge is 0.421 e. The van der Waals surface area contributed by atoms with Gasteiger partial charge in [0, 0.05) is 13.8 Å². The van der Waals surface area contributed by atoms with E-state index in [9.17, 15) is 9.59 Å². The van der Waals surface area contributed by atoms with E-state index in [0.717, 1.165) is 12.0 Å². The van der Waals surface area contributed by atoms with Gasteiger partial charge in [0.1, 0.15) is 0 Å². The highest BCUT2D eigenvalue weighted by molar-refractivity contribution is 5.68. The van der Waals surface area contributed by atoms with Gasteiger partial charge in [-0.2, -0.15) is 0 Å². The van der Waals surface area contributed by atoms with Crippen LogP contribution in [0.2, 0.25) is 0 Å². The highest BCUT2D eigenvalue weighted by Gasteiger charge is 2.10. The van der Waals surface area contributed by atoms with Gasteiger partial charge in [-0.05, 0) is 30.0 Å². The first-order chi connectivity index (χ1) is 12.0. The Balaban J connectivity index is 2.45. The molecule has 0 spiro atoms. The molecule has 0 heterocycles. The minimum atomic E-state index is -0.988. The van der Waals surface area contributed by atoms with Crippen molar-refractivity contribution in [2.24, 2.45) is 0 Å². The number of carbonyl (C=O) groups excluding carboxylic acids is 2. The van der Waals surface area contributed by atoms with Crippen LogP contribution in [0.15, 0.2) is 30.3 Å². The molecule has 0 unspecified atom stereocenters. The minimum Gasteiger partial charge on any atom is -0.421 e. The van der Waals surface area contributed by atoms with Crippen LogP contribution in [0.25, 0.3) is 6.08 Å². The maximum Gasteiger partial charge on any atom is 0.305 e. The summed E-state index contributed by atoms with van der Waals surface area (Å²) in [5, 5.41) is 0. The van der Waals surface area contributed by atoms with Crippen LogP contribution >= 0.6 is 0 Å². The van der Waals surface area contributed by atoms with Crippen LogP contribution in [-0.2, 0) is 25.5 Å². The lowest BCUT2D eigenvalue weighted by Gasteiger charge is -2.12. The quantitative estimate of drug-likeness (QED) is 0.319. The van der Waals surface area contributed by atoms with Gasteiger partial charge in [-0.3, -0.25) is 9.59 Å². The Hall–Kier alpha value is -2.10. The van der Waals surface area contributed by atoms with Gasteiger partial charge in [0.2, 0.25) is 0 Å². The van der Waals surface area contributed by atoms with E-state index in [1.165, 1.54) is 57.9 Å². The highest BCUT2D eigenvalue weighted by Crippen LogP contribution is 2.12. The molecule has 0 amide bonds. The molecule has 0 N–H and O–H groups in total. The molecular weight excluding hydrogens is 316 g/mol. The molecule has 4 nitrogen and oxygen atoms in total. The van der Waals surface area contributed by atoms with E-state index in [2.05, 4.69) is 19.1 Å². The Labute approximate surface area is 151 Å². The second-order valence-electron chi connectivity index (χ2n) is 6.21. The number of benzene rings is 1. The Morgan fingerprint density at radius 1 is 0.920 bits per heavy atom. The fourth-order valence-corrected chi connectivity index (χ4v) is 2.52. The minimum absolute atomic E-state index is 0.495. The first-order valence-electron chi connectivity index (χ1n) is 9.13. The molecule has 25 heavy (non-hydrogen) atoms. The number of hydrogen-bond acceptors (Lipinski definition) is 4. The molecule has 0 bridgehead atoms. The van der Waals surface area contributed by atoms with Crippen molar-refractivity contribution in [2.45, 2.75) is 72.0 Å². The lowest BCUT2D eigenvalue weighted by atomic mass is 10.0. The van der Waals surface area contributed by atoms with Crippen molar-refractivity contribution in [3.63, 3.8) is 0 Å². The number of esters is 2. The number of rotatable bonds is 11. The molecule has 0 radical (unpaired) electrons. The van der Waals surface area contributed by atoms with Gasteiger partial charge < -0.3 is 9.47 Å². The van der Waals surface area contributed by atoms with Gasteiger partial charge in [0.05, 0.1) is 0 Å². The monoisotopic (exact) mass is 346 g/mol. The summed E-state index contributed by atoms with van der Waals surface area (Å²) in [4.78, 5) is 22.1. The third-order valence-electron chi connectivity index (χ3n) is 3.81. The molecule has 1 aromatic rings. The summed E-state index contributed by atoms with van der Waals surface area (Å²) in [5.74, 6) is -0.990. The van der Waals surface area contributed by atoms with Crippen molar-refractivity contribution in [3.05, 3.63) is 41.5 Å². The van der Waals surface area contributed by atoms with E-state index in [4.69, 9.17) is 9.47 Å². The van der Waals surface area contributed by atoms with Crippen molar-refractivity contribution in [1.82, 2.24) is 0 Å². The highest BCUT2D eigenvalue weighted by atomic mass is 16.7. The summed E-state index contributed by atoms with van der Waals surface area (Å²) >= 11 is 0. The molecule has 138 valence electrons. The predicted octanol–water partition coefficient (Wildman–Crippen LogP) is 5.06. The van der Waals surface area contributed by atoms with Crippen LogP contribution in [0.4, 0.5) is 0 Å². The van der Waals surface area contributed by atoms with E-state index in [-0.39, 0.29) is 0 Å². The zero-order valence-corrected chi connectivity index (χ0v) is 15.6. The van der Waals surface area contributed by atoms with Gasteiger partial charge >= 0.3 is 11.9 Å². The zero-order valence-electron chi connectivity index (χ0n) is 15.6. The van der Waals surface area contributed by atoms with Gasteiger partial charge in [-0.15, -0.1) is 0 Å². The summed E-state index contributed by atoms with van der Waals surface area (Å²) in [6, 6.07) is 8.25. The summed E-state index contributed by atoms with van der Waals surface area (Å²) in [6.45, 7) is 4.79. The number of carbonyl (C=O) groups is 2. The van der Waals surface area contributed by atoms with E-state index < -0.39 is 18.2 Å². The van der Waals surface area contributed by atoms with E-state index >= 15 is 0 Å². The van der Waals surface area contributed by atoms with E-state index in [1.54, 1.807) is 12.2 Å². The lowest BCUT2D eigenvalue weighted by molar-refractivity contribution is -0.176. The van der Waals surface area contributed by atoms with Crippen molar-refractivity contribution >= 4 is 18.0 Å². The predicted molar refractivity (Wildman–Crippen MR) is 99.9 cm³/mol. The van der Waals surface area contributed by atoms with Crippen LogP contribution in [0, 0.1) is 0 Å². The molecule has 0 saturated carbocycles. The Morgan fingerprint density at radius 3 is 2.04 bits per heavy atom.